The first-order valence-corrected chi connectivity index (χ1v) is 11.1. The van der Waals surface area contributed by atoms with E-state index in [9.17, 15) is 19.1 Å². The Hall–Kier alpha value is -3.56. The van der Waals surface area contributed by atoms with Crippen molar-refractivity contribution in [3.8, 4) is 5.75 Å². The normalized spacial score (nSPS) is 15.8. The molecule has 1 amide bonds. The Morgan fingerprint density at radius 3 is 2.59 bits per heavy atom. The van der Waals surface area contributed by atoms with Crippen molar-refractivity contribution in [3.63, 3.8) is 0 Å². The van der Waals surface area contributed by atoms with E-state index in [1.54, 1.807) is 12.1 Å². The highest BCUT2D eigenvalue weighted by Gasteiger charge is 2.30. The number of halogens is 1. The highest BCUT2D eigenvalue weighted by Crippen LogP contribution is 2.22. The Labute approximate surface area is 197 Å². The Balaban J connectivity index is 1.54. The van der Waals surface area contributed by atoms with Crippen molar-refractivity contribution >= 4 is 5.91 Å². The van der Waals surface area contributed by atoms with Gasteiger partial charge in [-0.05, 0) is 37.4 Å². The molecule has 0 aliphatic carbocycles. The average Bonchev–Trinajstić information content (AvgIpc) is 2.81. The van der Waals surface area contributed by atoms with Gasteiger partial charge in [0.1, 0.15) is 11.6 Å². The zero-order valence-electron chi connectivity index (χ0n) is 19.2. The van der Waals surface area contributed by atoms with Crippen LogP contribution in [0.2, 0.25) is 0 Å². The molecule has 0 radical (unpaired) electrons. The number of aromatic hydroxyl groups is 1. The van der Waals surface area contributed by atoms with E-state index in [-0.39, 0.29) is 24.1 Å². The van der Waals surface area contributed by atoms with Crippen LogP contribution in [0.5, 0.6) is 5.75 Å². The number of rotatable bonds is 7. The molecule has 4 rings (SSSR count). The first-order chi connectivity index (χ1) is 16.3. The minimum absolute atomic E-state index is 0.117. The number of aromatic nitrogens is 2. The van der Waals surface area contributed by atoms with E-state index >= 15 is 0 Å². The first-order valence-electron chi connectivity index (χ1n) is 11.1. The summed E-state index contributed by atoms with van der Waals surface area (Å²) in [7, 11) is 3.91. The molecule has 9 heteroatoms. The van der Waals surface area contributed by atoms with Crippen molar-refractivity contribution in [2.75, 3.05) is 27.2 Å². The minimum atomic E-state index is -0.666. The predicted octanol–water partition coefficient (Wildman–Crippen LogP) is 2.14. The summed E-state index contributed by atoms with van der Waals surface area (Å²) in [6.45, 7) is 2.40. The van der Waals surface area contributed by atoms with Crippen molar-refractivity contribution in [1.82, 2.24) is 24.7 Å². The van der Waals surface area contributed by atoms with E-state index in [0.29, 0.717) is 37.6 Å². The zero-order chi connectivity index (χ0) is 24.2. The summed E-state index contributed by atoms with van der Waals surface area (Å²) in [4.78, 5) is 34.4. The maximum atomic E-state index is 13.1. The van der Waals surface area contributed by atoms with E-state index in [4.69, 9.17) is 0 Å². The molecule has 8 nitrogen and oxygen atoms in total. The third-order valence-electron chi connectivity index (χ3n) is 5.86. The molecule has 1 unspecified atom stereocenters. The second-order valence-electron chi connectivity index (χ2n) is 8.74. The van der Waals surface area contributed by atoms with Crippen molar-refractivity contribution in [3.05, 3.63) is 93.4 Å². The predicted molar refractivity (Wildman–Crippen MR) is 126 cm³/mol. The van der Waals surface area contributed by atoms with E-state index in [1.807, 2.05) is 49.3 Å². The number of carbonyl (C=O) groups is 1. The molecule has 2 aromatic carbocycles. The Kier molecular flexibility index (Phi) is 7.04. The molecule has 2 N–H and O–H groups in total. The fourth-order valence-electron chi connectivity index (χ4n) is 4.29. The molecular formula is C25H28FN5O3. The number of benzene rings is 2. The second kappa shape index (κ2) is 10.1. The number of likely N-dealkylation sites (N-methyl/N-ethyl adjacent to an activating group) is 2. The Morgan fingerprint density at radius 1 is 1.18 bits per heavy atom. The molecule has 2 heterocycles. The van der Waals surface area contributed by atoms with Crippen LogP contribution in [0.4, 0.5) is 4.39 Å². The van der Waals surface area contributed by atoms with Crippen LogP contribution in [0.25, 0.3) is 0 Å². The molecule has 1 aliphatic rings. The summed E-state index contributed by atoms with van der Waals surface area (Å²) < 4.78 is 14.6. The van der Waals surface area contributed by atoms with E-state index in [1.165, 1.54) is 16.7 Å². The van der Waals surface area contributed by atoms with Crippen molar-refractivity contribution in [2.24, 2.45) is 0 Å². The van der Waals surface area contributed by atoms with Crippen LogP contribution in [0.1, 0.15) is 33.5 Å². The quantitative estimate of drug-likeness (QED) is 0.556. The number of fused-ring (bicyclic) bond motifs is 1. The summed E-state index contributed by atoms with van der Waals surface area (Å²) in [5.41, 5.74) is 0.925. The van der Waals surface area contributed by atoms with Gasteiger partial charge in [-0.25, -0.2) is 9.37 Å². The van der Waals surface area contributed by atoms with Crippen LogP contribution in [-0.4, -0.2) is 57.5 Å². The van der Waals surface area contributed by atoms with E-state index in [0.717, 1.165) is 5.56 Å². The molecule has 0 bridgehead atoms. The van der Waals surface area contributed by atoms with Gasteiger partial charge in [-0.2, -0.15) is 0 Å². The molecule has 1 atom stereocenters. The second-order valence-corrected chi connectivity index (χ2v) is 8.74. The summed E-state index contributed by atoms with van der Waals surface area (Å²) in [5.74, 6) is -1.26. The number of amides is 1. The van der Waals surface area contributed by atoms with Gasteiger partial charge in [0.2, 0.25) is 5.75 Å². The topological polar surface area (TPSA) is 90.7 Å². The number of hydrogen-bond acceptors (Lipinski definition) is 6. The third kappa shape index (κ3) is 5.32. The van der Waals surface area contributed by atoms with Crippen LogP contribution in [-0.2, 0) is 19.6 Å². The lowest BCUT2D eigenvalue weighted by Gasteiger charge is -2.35. The van der Waals surface area contributed by atoms with Gasteiger partial charge in [0.15, 0.2) is 5.69 Å². The fraction of sp³-hybridized carbons (Fsp3) is 0.320. The Morgan fingerprint density at radius 2 is 1.88 bits per heavy atom. The lowest BCUT2D eigenvalue weighted by Crippen LogP contribution is -2.46. The molecule has 0 fully saturated rings. The summed E-state index contributed by atoms with van der Waals surface area (Å²) in [5, 5.41) is 13.2. The minimum Gasteiger partial charge on any atom is -0.501 e. The van der Waals surface area contributed by atoms with Gasteiger partial charge in [-0.3, -0.25) is 19.1 Å². The van der Waals surface area contributed by atoms with Gasteiger partial charge in [-0.15, -0.1) is 0 Å². The number of nitrogens with one attached hydrogen (secondary N) is 1. The lowest BCUT2D eigenvalue weighted by atomic mass is 10.1. The van der Waals surface area contributed by atoms with Gasteiger partial charge in [0.25, 0.3) is 11.5 Å². The molecule has 0 saturated heterocycles. The average molecular weight is 466 g/mol. The van der Waals surface area contributed by atoms with E-state index < -0.39 is 17.2 Å². The highest BCUT2D eigenvalue weighted by molar-refractivity contribution is 5.94. The van der Waals surface area contributed by atoms with Crippen molar-refractivity contribution in [1.29, 1.82) is 0 Å². The maximum absolute atomic E-state index is 13.1. The molecule has 0 saturated carbocycles. The largest absolute Gasteiger partial charge is 0.501 e. The Bertz CT molecular complexity index is 1210. The SMILES string of the molecule is CN(Cc1ccccc1)CC1CN(C)Cc2nc(C(=O)NCc3ccc(F)cc3)c(O)c(=O)n21. The molecule has 1 aliphatic heterocycles. The molecule has 1 aromatic heterocycles. The molecular weight excluding hydrogens is 437 g/mol. The van der Waals surface area contributed by atoms with Gasteiger partial charge < -0.3 is 15.3 Å². The maximum Gasteiger partial charge on any atom is 0.296 e. The van der Waals surface area contributed by atoms with Gasteiger partial charge >= 0.3 is 0 Å². The number of hydrogen-bond donors (Lipinski definition) is 2. The van der Waals surface area contributed by atoms with Crippen LogP contribution < -0.4 is 10.9 Å². The molecule has 34 heavy (non-hydrogen) atoms. The lowest BCUT2D eigenvalue weighted by molar-refractivity contribution is 0.0938. The summed E-state index contributed by atoms with van der Waals surface area (Å²) in [6.07, 6.45) is 0. The van der Waals surface area contributed by atoms with Crippen molar-refractivity contribution in [2.45, 2.75) is 25.7 Å². The molecule has 0 spiro atoms. The van der Waals surface area contributed by atoms with Crippen LogP contribution >= 0.6 is 0 Å². The van der Waals surface area contributed by atoms with Crippen LogP contribution in [0, 0.1) is 5.82 Å². The summed E-state index contributed by atoms with van der Waals surface area (Å²) in [6, 6.07) is 15.5. The summed E-state index contributed by atoms with van der Waals surface area (Å²) >= 11 is 0. The zero-order valence-corrected chi connectivity index (χ0v) is 19.2. The fourth-order valence-corrected chi connectivity index (χ4v) is 4.29. The monoisotopic (exact) mass is 465 g/mol. The number of carbonyl (C=O) groups excluding carboxylic acids is 1. The van der Waals surface area contributed by atoms with E-state index in [2.05, 4.69) is 15.2 Å². The first kappa shape index (κ1) is 23.6. The molecule has 178 valence electrons. The standard InChI is InChI=1S/C25H28FN5O3/c1-29(13-18-6-4-3-5-7-18)14-20-15-30(2)16-21-28-22(23(32)25(34)31(20)21)24(33)27-12-17-8-10-19(26)11-9-17/h3-11,20,32H,12-16H2,1-2H3,(H,27,33). The third-order valence-corrected chi connectivity index (χ3v) is 5.86. The van der Waals surface area contributed by atoms with Gasteiger partial charge in [-0.1, -0.05) is 42.5 Å². The van der Waals surface area contributed by atoms with Crippen LogP contribution in [0.15, 0.2) is 59.4 Å². The molecule has 3 aromatic rings. The van der Waals surface area contributed by atoms with Gasteiger partial charge in [0, 0.05) is 26.2 Å². The van der Waals surface area contributed by atoms with Crippen molar-refractivity contribution < 1.29 is 14.3 Å². The highest BCUT2D eigenvalue weighted by atomic mass is 19.1. The van der Waals surface area contributed by atoms with Gasteiger partial charge in [0.05, 0.1) is 12.6 Å². The van der Waals surface area contributed by atoms with Crippen LogP contribution in [0.3, 0.4) is 0 Å². The number of nitrogens with zero attached hydrogens (tertiary/aromatic N) is 4. The smallest absolute Gasteiger partial charge is 0.296 e.